The summed E-state index contributed by atoms with van der Waals surface area (Å²) >= 11 is 4.56. The molecule has 0 unspecified atom stereocenters. The zero-order valence-corrected chi connectivity index (χ0v) is 23.7. The number of hydrogen-bond donors (Lipinski definition) is 1. The lowest BCUT2D eigenvalue weighted by atomic mass is 9.96. The van der Waals surface area contributed by atoms with Gasteiger partial charge in [-0.2, -0.15) is 0 Å². The molecule has 1 aromatic carbocycles. The number of carbonyl (C=O) groups is 2. The van der Waals surface area contributed by atoms with Crippen LogP contribution in [0.3, 0.4) is 0 Å². The molecule has 37 heavy (non-hydrogen) atoms. The van der Waals surface area contributed by atoms with E-state index < -0.39 is 0 Å². The Bertz CT molecular complexity index is 1440. The van der Waals surface area contributed by atoms with E-state index in [0.29, 0.717) is 15.7 Å². The molecule has 0 radical (unpaired) electrons. The summed E-state index contributed by atoms with van der Waals surface area (Å²) in [4.78, 5) is 26.9. The van der Waals surface area contributed by atoms with Crippen LogP contribution in [-0.4, -0.2) is 39.5 Å². The number of aryl methyl sites for hydroxylation is 1. The van der Waals surface area contributed by atoms with Crippen molar-refractivity contribution in [2.75, 3.05) is 18.2 Å². The van der Waals surface area contributed by atoms with Crippen molar-refractivity contribution < 1.29 is 14.3 Å². The highest BCUT2D eigenvalue weighted by atomic mass is 32.2. The molecule has 3 aromatic heterocycles. The Morgan fingerprint density at radius 2 is 1.92 bits per heavy atom. The van der Waals surface area contributed by atoms with Crippen molar-refractivity contribution in [1.29, 1.82) is 0 Å². The molecule has 1 amide bonds. The van der Waals surface area contributed by atoms with Gasteiger partial charge in [0.1, 0.15) is 5.00 Å². The van der Waals surface area contributed by atoms with Crippen LogP contribution in [0, 0.1) is 0 Å². The van der Waals surface area contributed by atoms with Crippen LogP contribution in [0.25, 0.3) is 21.5 Å². The van der Waals surface area contributed by atoms with Crippen LogP contribution in [-0.2, 0) is 22.4 Å². The average molecular weight is 555 g/mol. The number of thioether (sulfide) groups is 1. The first-order valence-electron chi connectivity index (χ1n) is 12.5. The molecule has 0 atom stereocenters. The predicted molar refractivity (Wildman–Crippen MR) is 152 cm³/mol. The number of carbonyl (C=O) groups excluding carboxylic acids is 2. The fourth-order valence-corrected chi connectivity index (χ4v) is 7.89. The molecule has 0 saturated heterocycles. The summed E-state index contributed by atoms with van der Waals surface area (Å²) in [5, 5.41) is 16.5. The number of ether oxygens (including phenoxy) is 1. The second-order valence-corrected chi connectivity index (χ2v) is 12.3. The number of nitrogens with zero attached hydrogens (tertiary/aromatic N) is 3. The molecule has 1 N–H and O–H groups in total. The number of amides is 1. The van der Waals surface area contributed by atoms with Gasteiger partial charge in [-0.1, -0.05) is 42.8 Å². The highest BCUT2D eigenvalue weighted by molar-refractivity contribution is 7.99. The molecule has 0 fully saturated rings. The Kier molecular flexibility index (Phi) is 7.97. The van der Waals surface area contributed by atoms with Crippen molar-refractivity contribution in [2.45, 2.75) is 63.6 Å². The Balaban J connectivity index is 1.36. The van der Waals surface area contributed by atoms with Gasteiger partial charge in [-0.25, -0.2) is 4.79 Å². The fourth-order valence-electron chi connectivity index (χ4n) is 4.79. The van der Waals surface area contributed by atoms with E-state index in [1.165, 1.54) is 46.2 Å². The van der Waals surface area contributed by atoms with Crippen molar-refractivity contribution in [3.63, 3.8) is 0 Å². The second-order valence-electron chi connectivity index (χ2n) is 9.37. The zero-order valence-electron chi connectivity index (χ0n) is 21.2. The summed E-state index contributed by atoms with van der Waals surface area (Å²) in [5.74, 6) is 0.415. The molecule has 0 bridgehead atoms. The van der Waals surface area contributed by atoms with Gasteiger partial charge >= 0.3 is 5.97 Å². The molecule has 3 heterocycles. The quantitative estimate of drug-likeness (QED) is 0.196. The molecule has 0 spiro atoms. The van der Waals surface area contributed by atoms with E-state index in [2.05, 4.69) is 51.4 Å². The normalized spacial score (nSPS) is 13.8. The van der Waals surface area contributed by atoms with Gasteiger partial charge in [-0.05, 0) is 51.2 Å². The summed E-state index contributed by atoms with van der Waals surface area (Å²) in [6.07, 6.45) is 6.29. The minimum atomic E-state index is -0.381. The van der Waals surface area contributed by atoms with Crippen molar-refractivity contribution >= 4 is 61.4 Å². The number of hydrogen-bond acceptors (Lipinski definition) is 8. The van der Waals surface area contributed by atoms with E-state index >= 15 is 0 Å². The highest BCUT2D eigenvalue weighted by Crippen LogP contribution is 2.38. The second kappa shape index (κ2) is 11.4. The number of esters is 1. The van der Waals surface area contributed by atoms with Crippen LogP contribution in [0.5, 0.6) is 0 Å². The number of aromatic nitrogens is 3. The van der Waals surface area contributed by atoms with Crippen LogP contribution in [0.15, 0.2) is 34.8 Å². The first-order valence-corrected chi connectivity index (χ1v) is 15.2. The van der Waals surface area contributed by atoms with Gasteiger partial charge < -0.3 is 10.1 Å². The van der Waals surface area contributed by atoms with Crippen molar-refractivity contribution in [1.82, 2.24) is 14.8 Å². The molecule has 5 rings (SSSR count). The largest absolute Gasteiger partial charge is 0.465 e. The maximum absolute atomic E-state index is 13.1. The summed E-state index contributed by atoms with van der Waals surface area (Å²) < 4.78 is 8.38. The molecular formula is C27H30N4O3S3. The van der Waals surface area contributed by atoms with Crippen LogP contribution < -0.4 is 5.32 Å². The molecule has 7 nitrogen and oxygen atoms in total. The molecule has 1 aliphatic rings. The molecule has 10 heteroatoms. The molecule has 0 saturated carbocycles. The number of rotatable bonds is 7. The van der Waals surface area contributed by atoms with Gasteiger partial charge in [0, 0.05) is 31.9 Å². The lowest BCUT2D eigenvalue weighted by molar-refractivity contribution is -0.113. The summed E-state index contributed by atoms with van der Waals surface area (Å²) in [7, 11) is 1.39. The number of fused-ring (bicyclic) bond motifs is 2. The fraction of sp³-hybridized carbons (Fsp3) is 0.407. The third-order valence-electron chi connectivity index (χ3n) is 6.55. The molecule has 194 valence electrons. The Labute approximate surface area is 228 Å². The maximum atomic E-state index is 13.1. The van der Waals surface area contributed by atoms with Gasteiger partial charge in [-0.15, -0.1) is 32.9 Å². The van der Waals surface area contributed by atoms with Crippen molar-refractivity contribution in [2.24, 2.45) is 0 Å². The number of benzene rings is 1. The summed E-state index contributed by atoms with van der Waals surface area (Å²) in [5.41, 5.74) is 2.63. The number of thiophene rings is 2. The third-order valence-corrected chi connectivity index (χ3v) is 9.66. The Morgan fingerprint density at radius 3 is 2.70 bits per heavy atom. The minimum Gasteiger partial charge on any atom is -0.465 e. The standard InChI is InChI=1S/C27H30N4O3S3/c1-16(2)31-24(19-14-35-20-12-9-8-10-17(19)20)29-30-27(31)36-15-22(32)28-25-23(26(33)34-3)18-11-6-4-5-7-13-21(18)37-25/h8-10,12,14,16H,4-7,11,13,15H2,1-3H3,(H,28,32). The lowest BCUT2D eigenvalue weighted by Gasteiger charge is -2.13. The first kappa shape index (κ1) is 25.9. The molecule has 1 aliphatic carbocycles. The van der Waals surface area contributed by atoms with Crippen LogP contribution in [0.1, 0.15) is 66.4 Å². The monoisotopic (exact) mass is 554 g/mol. The van der Waals surface area contributed by atoms with E-state index in [1.54, 1.807) is 11.3 Å². The van der Waals surface area contributed by atoms with E-state index in [0.717, 1.165) is 54.4 Å². The zero-order chi connectivity index (χ0) is 25.9. The lowest BCUT2D eigenvalue weighted by Crippen LogP contribution is -2.17. The van der Waals surface area contributed by atoms with Gasteiger partial charge in [0.05, 0.1) is 18.4 Å². The molecule has 4 aromatic rings. The van der Waals surface area contributed by atoms with Gasteiger partial charge in [0.2, 0.25) is 5.91 Å². The van der Waals surface area contributed by atoms with E-state index in [-0.39, 0.29) is 23.7 Å². The smallest absolute Gasteiger partial charge is 0.341 e. The number of anilines is 1. The van der Waals surface area contributed by atoms with Gasteiger partial charge in [0.15, 0.2) is 11.0 Å². The molecular weight excluding hydrogens is 525 g/mol. The molecule has 0 aliphatic heterocycles. The van der Waals surface area contributed by atoms with Gasteiger partial charge in [-0.3, -0.25) is 9.36 Å². The topological polar surface area (TPSA) is 86.1 Å². The van der Waals surface area contributed by atoms with Crippen LogP contribution in [0.2, 0.25) is 0 Å². The number of methoxy groups -OCH3 is 1. The Morgan fingerprint density at radius 1 is 1.14 bits per heavy atom. The third kappa shape index (κ3) is 5.32. The summed E-state index contributed by atoms with van der Waals surface area (Å²) in [6, 6.07) is 8.40. The van der Waals surface area contributed by atoms with Crippen molar-refractivity contribution in [3.05, 3.63) is 45.6 Å². The van der Waals surface area contributed by atoms with E-state index in [9.17, 15) is 9.59 Å². The van der Waals surface area contributed by atoms with Crippen molar-refractivity contribution in [3.8, 4) is 11.4 Å². The predicted octanol–water partition coefficient (Wildman–Crippen LogP) is 6.98. The first-order chi connectivity index (χ1) is 18.0. The van der Waals surface area contributed by atoms with Gasteiger partial charge in [0.25, 0.3) is 0 Å². The van der Waals surface area contributed by atoms with Crippen LogP contribution in [0.4, 0.5) is 5.00 Å². The summed E-state index contributed by atoms with van der Waals surface area (Å²) in [6.45, 7) is 4.19. The van der Waals surface area contributed by atoms with E-state index in [4.69, 9.17) is 4.74 Å². The maximum Gasteiger partial charge on any atom is 0.341 e. The minimum absolute atomic E-state index is 0.122. The van der Waals surface area contributed by atoms with E-state index in [1.807, 2.05) is 12.1 Å². The highest BCUT2D eigenvalue weighted by Gasteiger charge is 2.26. The van der Waals surface area contributed by atoms with Crippen LogP contribution >= 0.6 is 34.4 Å². The average Bonchev–Trinajstić information content (AvgIpc) is 3.57. The number of nitrogens with one attached hydrogen (secondary N) is 1. The Hall–Kier alpha value is -2.69. The SMILES string of the molecule is COC(=O)c1c(NC(=O)CSc2nnc(-c3csc4ccccc34)n2C(C)C)sc2c1CCCCCC2.